The van der Waals surface area contributed by atoms with Crippen LogP contribution in [0.15, 0.2) is 29.6 Å². The Labute approximate surface area is 125 Å². The minimum Gasteiger partial charge on any atom is -0.399 e. The first-order valence-electron chi connectivity index (χ1n) is 7.17. The third-order valence-corrected chi connectivity index (χ3v) is 4.63. The van der Waals surface area contributed by atoms with E-state index in [9.17, 15) is 0 Å². The van der Waals surface area contributed by atoms with Crippen molar-refractivity contribution in [3.8, 4) is 11.3 Å². The Bertz CT molecular complexity index is 546. The summed E-state index contributed by atoms with van der Waals surface area (Å²) in [6, 6.07) is 7.92. The van der Waals surface area contributed by atoms with Crippen molar-refractivity contribution < 1.29 is 0 Å². The quantitative estimate of drug-likeness (QED) is 0.822. The van der Waals surface area contributed by atoms with Crippen LogP contribution in [0.5, 0.6) is 0 Å². The zero-order chi connectivity index (χ0) is 14.5. The lowest BCUT2D eigenvalue weighted by Gasteiger charge is -2.21. The fourth-order valence-electron chi connectivity index (χ4n) is 2.29. The van der Waals surface area contributed by atoms with E-state index < -0.39 is 0 Å². The number of benzene rings is 1. The molecule has 0 fully saturated rings. The molecule has 1 atom stereocenters. The van der Waals surface area contributed by atoms with Crippen molar-refractivity contribution >= 4 is 17.0 Å². The molecule has 0 saturated carbocycles. The van der Waals surface area contributed by atoms with E-state index in [0.29, 0.717) is 5.92 Å². The van der Waals surface area contributed by atoms with E-state index in [1.54, 1.807) is 11.3 Å². The van der Waals surface area contributed by atoms with Gasteiger partial charge in [0.2, 0.25) is 0 Å². The van der Waals surface area contributed by atoms with Crippen LogP contribution in [0.4, 0.5) is 5.69 Å². The molecular formula is C16H23N3S. The highest BCUT2D eigenvalue weighted by Crippen LogP contribution is 2.27. The van der Waals surface area contributed by atoms with E-state index in [4.69, 9.17) is 10.7 Å². The van der Waals surface area contributed by atoms with Gasteiger partial charge in [0.25, 0.3) is 0 Å². The van der Waals surface area contributed by atoms with Crippen LogP contribution < -0.4 is 5.73 Å². The molecule has 0 aliphatic heterocycles. The number of nitrogens with zero attached hydrogens (tertiary/aromatic N) is 2. The highest BCUT2D eigenvalue weighted by Gasteiger charge is 2.14. The average molecular weight is 289 g/mol. The van der Waals surface area contributed by atoms with Gasteiger partial charge in [-0.25, -0.2) is 4.98 Å². The van der Waals surface area contributed by atoms with Gasteiger partial charge in [-0.15, -0.1) is 11.3 Å². The molecule has 1 aromatic heterocycles. The first kappa shape index (κ1) is 15.0. The number of nitrogen functional groups attached to an aromatic ring is 1. The highest BCUT2D eigenvalue weighted by atomic mass is 32.1. The molecule has 20 heavy (non-hydrogen) atoms. The van der Waals surface area contributed by atoms with Gasteiger partial charge in [-0.05, 0) is 25.2 Å². The zero-order valence-electron chi connectivity index (χ0n) is 12.5. The molecule has 0 amide bonds. The molecule has 2 rings (SSSR count). The van der Waals surface area contributed by atoms with Gasteiger partial charge in [-0.1, -0.05) is 32.9 Å². The summed E-state index contributed by atoms with van der Waals surface area (Å²) >= 11 is 1.74. The second-order valence-electron chi connectivity index (χ2n) is 5.08. The smallest absolute Gasteiger partial charge is 0.0973 e. The summed E-state index contributed by atoms with van der Waals surface area (Å²) in [4.78, 5) is 7.22. The first-order chi connectivity index (χ1) is 9.63. The van der Waals surface area contributed by atoms with Crippen LogP contribution in [-0.4, -0.2) is 29.5 Å². The summed E-state index contributed by atoms with van der Waals surface area (Å²) in [5.74, 6) is 0.467. The highest BCUT2D eigenvalue weighted by molar-refractivity contribution is 7.10. The number of aromatic nitrogens is 1. The molecular weight excluding hydrogens is 266 g/mol. The first-order valence-corrected chi connectivity index (χ1v) is 8.05. The summed E-state index contributed by atoms with van der Waals surface area (Å²) < 4.78 is 0. The van der Waals surface area contributed by atoms with Crippen LogP contribution in [-0.2, 0) is 0 Å². The van der Waals surface area contributed by atoms with Gasteiger partial charge in [0.05, 0.1) is 10.7 Å². The normalized spacial score (nSPS) is 12.8. The molecule has 1 heterocycles. The summed E-state index contributed by atoms with van der Waals surface area (Å²) in [5, 5.41) is 3.33. The number of likely N-dealkylation sites (N-methyl/N-ethyl adjacent to an activating group) is 1. The van der Waals surface area contributed by atoms with Gasteiger partial charge in [0.15, 0.2) is 0 Å². The second-order valence-corrected chi connectivity index (χ2v) is 5.97. The van der Waals surface area contributed by atoms with Crippen molar-refractivity contribution in [2.75, 3.05) is 25.4 Å². The Morgan fingerprint density at radius 3 is 2.70 bits per heavy atom. The van der Waals surface area contributed by atoms with Crippen molar-refractivity contribution in [2.45, 2.75) is 26.7 Å². The molecule has 1 aromatic carbocycles. The third kappa shape index (κ3) is 3.58. The molecule has 4 heteroatoms. The Morgan fingerprint density at radius 1 is 1.30 bits per heavy atom. The van der Waals surface area contributed by atoms with Crippen LogP contribution in [0.2, 0.25) is 0 Å². The topological polar surface area (TPSA) is 42.2 Å². The fourth-order valence-corrected chi connectivity index (χ4v) is 3.17. The predicted molar refractivity (Wildman–Crippen MR) is 88.2 cm³/mol. The standard InChI is InChI=1S/C16H23N3S/c1-4-19(5-2)10-12(3)16-18-15(11-20-16)13-7-6-8-14(17)9-13/h6-9,11-12H,4-5,10,17H2,1-3H3. The number of hydrogen-bond acceptors (Lipinski definition) is 4. The molecule has 0 aliphatic rings. The zero-order valence-corrected chi connectivity index (χ0v) is 13.3. The summed E-state index contributed by atoms with van der Waals surface area (Å²) in [5.41, 5.74) is 8.75. The lowest BCUT2D eigenvalue weighted by molar-refractivity contribution is 0.288. The van der Waals surface area contributed by atoms with Crippen molar-refractivity contribution in [1.82, 2.24) is 9.88 Å². The van der Waals surface area contributed by atoms with Crippen LogP contribution in [0.25, 0.3) is 11.3 Å². The van der Waals surface area contributed by atoms with Crippen molar-refractivity contribution in [3.63, 3.8) is 0 Å². The number of nitrogens with two attached hydrogens (primary N) is 1. The molecule has 1 unspecified atom stereocenters. The summed E-state index contributed by atoms with van der Waals surface area (Å²) in [7, 11) is 0. The van der Waals surface area contributed by atoms with E-state index in [1.165, 1.54) is 5.01 Å². The monoisotopic (exact) mass is 289 g/mol. The average Bonchev–Trinajstić information content (AvgIpc) is 2.94. The van der Waals surface area contributed by atoms with E-state index in [1.807, 2.05) is 18.2 Å². The largest absolute Gasteiger partial charge is 0.399 e. The SMILES string of the molecule is CCN(CC)CC(C)c1nc(-c2cccc(N)c2)cs1. The lowest BCUT2D eigenvalue weighted by Crippen LogP contribution is -2.27. The maximum atomic E-state index is 5.83. The van der Waals surface area contributed by atoms with E-state index in [0.717, 1.165) is 36.6 Å². The minimum atomic E-state index is 0.467. The molecule has 0 saturated heterocycles. The van der Waals surface area contributed by atoms with Crippen LogP contribution in [0.1, 0.15) is 31.7 Å². The van der Waals surface area contributed by atoms with Gasteiger partial charge in [0, 0.05) is 29.1 Å². The number of anilines is 1. The van der Waals surface area contributed by atoms with E-state index in [-0.39, 0.29) is 0 Å². The molecule has 0 bridgehead atoms. The molecule has 3 nitrogen and oxygen atoms in total. The van der Waals surface area contributed by atoms with E-state index in [2.05, 4.69) is 37.1 Å². The Hall–Kier alpha value is -1.39. The number of hydrogen-bond donors (Lipinski definition) is 1. The second kappa shape index (κ2) is 6.86. The minimum absolute atomic E-state index is 0.467. The molecule has 0 spiro atoms. The summed E-state index contributed by atoms with van der Waals surface area (Å²) in [6.07, 6.45) is 0. The molecule has 108 valence electrons. The molecule has 0 radical (unpaired) electrons. The van der Waals surface area contributed by atoms with E-state index >= 15 is 0 Å². The summed E-state index contributed by atoms with van der Waals surface area (Å²) in [6.45, 7) is 9.91. The van der Waals surface area contributed by atoms with Crippen molar-refractivity contribution in [3.05, 3.63) is 34.7 Å². The molecule has 2 N–H and O–H groups in total. The Morgan fingerprint density at radius 2 is 2.05 bits per heavy atom. The molecule has 2 aromatic rings. The Balaban J connectivity index is 2.12. The maximum absolute atomic E-state index is 5.83. The number of thiazole rings is 1. The van der Waals surface area contributed by atoms with Crippen LogP contribution >= 0.6 is 11.3 Å². The molecule has 0 aliphatic carbocycles. The van der Waals surface area contributed by atoms with Crippen LogP contribution in [0.3, 0.4) is 0 Å². The number of rotatable bonds is 6. The lowest BCUT2D eigenvalue weighted by atomic mass is 10.1. The van der Waals surface area contributed by atoms with Gasteiger partial charge < -0.3 is 10.6 Å². The predicted octanol–water partition coefficient (Wildman–Crippen LogP) is 3.84. The van der Waals surface area contributed by atoms with Gasteiger partial charge in [-0.3, -0.25) is 0 Å². The van der Waals surface area contributed by atoms with Crippen LogP contribution in [0, 0.1) is 0 Å². The van der Waals surface area contributed by atoms with Gasteiger partial charge >= 0.3 is 0 Å². The maximum Gasteiger partial charge on any atom is 0.0973 e. The third-order valence-electron chi connectivity index (χ3n) is 3.55. The fraction of sp³-hybridized carbons (Fsp3) is 0.438. The van der Waals surface area contributed by atoms with Crippen molar-refractivity contribution in [1.29, 1.82) is 0 Å². The van der Waals surface area contributed by atoms with Crippen molar-refractivity contribution in [2.24, 2.45) is 0 Å². The van der Waals surface area contributed by atoms with Gasteiger partial charge in [0.1, 0.15) is 0 Å². The van der Waals surface area contributed by atoms with Gasteiger partial charge in [-0.2, -0.15) is 0 Å². The Kier molecular flexibility index (Phi) is 5.15.